The molecule has 0 saturated carbocycles. The summed E-state index contributed by atoms with van der Waals surface area (Å²) < 4.78 is 0. The number of rotatable bonds is 3. The number of aromatic nitrogens is 2. The van der Waals surface area contributed by atoms with Gasteiger partial charge in [0.2, 0.25) is 0 Å². The van der Waals surface area contributed by atoms with E-state index in [9.17, 15) is 0 Å². The molecule has 11 heavy (non-hydrogen) atoms. The first-order chi connectivity index (χ1) is 5.36. The van der Waals surface area contributed by atoms with Crippen LogP contribution >= 0.6 is 0 Å². The summed E-state index contributed by atoms with van der Waals surface area (Å²) in [5, 5.41) is 22.6. The average molecular weight is 153 g/mol. The van der Waals surface area contributed by atoms with Crippen LogP contribution in [0.4, 0.5) is 0 Å². The molecule has 2 N–H and O–H groups in total. The molecular formula is C6H7N3O2. The molecule has 1 heterocycles. The maximum Gasteiger partial charge on any atom is 0.162 e. The van der Waals surface area contributed by atoms with Crippen LogP contribution in [0, 0.1) is 11.3 Å². The molecule has 0 aliphatic carbocycles. The molecule has 0 spiro atoms. The van der Waals surface area contributed by atoms with E-state index < -0.39 is 0 Å². The number of nitriles is 1. The zero-order valence-electron chi connectivity index (χ0n) is 5.74. The van der Waals surface area contributed by atoms with Crippen molar-refractivity contribution in [3.8, 4) is 6.07 Å². The Bertz CT molecular complexity index is 263. The van der Waals surface area contributed by atoms with Crippen molar-refractivity contribution >= 4 is 0 Å². The van der Waals surface area contributed by atoms with Gasteiger partial charge in [-0.15, -0.1) is 0 Å². The molecule has 0 atom stereocenters. The van der Waals surface area contributed by atoms with E-state index in [4.69, 9.17) is 10.5 Å². The lowest BCUT2D eigenvalue weighted by Crippen LogP contribution is -1.94. The van der Waals surface area contributed by atoms with Crippen LogP contribution in [0.1, 0.15) is 11.4 Å². The predicted octanol–water partition coefficient (Wildman–Crippen LogP) is 0.313. The number of H-pyrrole nitrogens is 1. The third-order valence-electron chi connectivity index (χ3n) is 1.21. The van der Waals surface area contributed by atoms with Gasteiger partial charge in [-0.25, -0.2) is 4.89 Å². The second kappa shape index (κ2) is 3.71. The van der Waals surface area contributed by atoms with Gasteiger partial charge in [-0.3, -0.25) is 10.4 Å². The van der Waals surface area contributed by atoms with Crippen LogP contribution in [0.2, 0.25) is 0 Å². The van der Waals surface area contributed by atoms with Crippen molar-refractivity contribution in [1.82, 2.24) is 10.2 Å². The van der Waals surface area contributed by atoms with E-state index in [1.54, 1.807) is 6.07 Å². The molecule has 0 radical (unpaired) electrons. The molecule has 0 aliphatic rings. The highest BCUT2D eigenvalue weighted by Gasteiger charge is 1.98. The van der Waals surface area contributed by atoms with E-state index >= 15 is 0 Å². The Morgan fingerprint density at radius 1 is 1.82 bits per heavy atom. The van der Waals surface area contributed by atoms with Crippen molar-refractivity contribution in [3.05, 3.63) is 17.5 Å². The molecule has 0 fully saturated rings. The monoisotopic (exact) mass is 153 g/mol. The van der Waals surface area contributed by atoms with Crippen molar-refractivity contribution in [1.29, 1.82) is 5.26 Å². The molecule has 5 heteroatoms. The maximum atomic E-state index is 8.36. The molecule has 0 unspecified atom stereocenters. The number of nitrogens with zero attached hydrogens (tertiary/aromatic N) is 2. The minimum atomic E-state index is 0.201. The van der Waals surface area contributed by atoms with E-state index in [1.165, 1.54) is 0 Å². The first-order valence-corrected chi connectivity index (χ1v) is 3.07. The number of aromatic amines is 1. The summed E-state index contributed by atoms with van der Waals surface area (Å²) in [6.07, 6.45) is 0.519. The minimum absolute atomic E-state index is 0.201. The standard InChI is InChI=1S/C6H7N3O2/c7-4-6-3-5(8-9-6)1-2-11-10/h3,10H,1-2H2,(H,8,9). The second-order valence-electron chi connectivity index (χ2n) is 1.97. The highest BCUT2D eigenvalue weighted by atomic mass is 17.1. The van der Waals surface area contributed by atoms with Crippen molar-refractivity contribution in [3.63, 3.8) is 0 Å². The molecule has 5 nitrogen and oxygen atoms in total. The Hall–Kier alpha value is -1.38. The molecule has 0 aliphatic heterocycles. The van der Waals surface area contributed by atoms with Gasteiger partial charge in [0.05, 0.1) is 6.61 Å². The van der Waals surface area contributed by atoms with Gasteiger partial charge in [-0.05, 0) is 6.07 Å². The smallest absolute Gasteiger partial charge is 0.162 e. The van der Waals surface area contributed by atoms with Crippen LogP contribution in [-0.2, 0) is 11.3 Å². The largest absolute Gasteiger partial charge is 0.281 e. The summed E-state index contributed by atoms with van der Waals surface area (Å²) in [6.45, 7) is 0.201. The summed E-state index contributed by atoms with van der Waals surface area (Å²) in [4.78, 5) is 3.86. The summed E-state index contributed by atoms with van der Waals surface area (Å²) in [5.41, 5.74) is 1.12. The summed E-state index contributed by atoms with van der Waals surface area (Å²) in [5.74, 6) is 0. The van der Waals surface area contributed by atoms with E-state index in [2.05, 4.69) is 15.1 Å². The predicted molar refractivity (Wildman–Crippen MR) is 35.6 cm³/mol. The summed E-state index contributed by atoms with van der Waals surface area (Å²) in [7, 11) is 0. The lowest BCUT2D eigenvalue weighted by Gasteiger charge is -1.90. The molecule has 0 aromatic carbocycles. The molecule has 1 aromatic rings. The Morgan fingerprint density at radius 2 is 2.64 bits per heavy atom. The summed E-state index contributed by atoms with van der Waals surface area (Å²) in [6, 6.07) is 3.49. The Labute approximate surface area is 63.2 Å². The number of hydrogen-bond acceptors (Lipinski definition) is 4. The molecule has 0 bridgehead atoms. The Balaban J connectivity index is 2.53. The quantitative estimate of drug-likeness (QED) is 0.483. The maximum absolute atomic E-state index is 8.36. The van der Waals surface area contributed by atoms with Gasteiger partial charge >= 0.3 is 0 Å². The SMILES string of the molecule is N#Cc1cc(CCOO)[nH]n1. The normalized spacial score (nSPS) is 9.45. The van der Waals surface area contributed by atoms with Crippen LogP contribution in [0.3, 0.4) is 0 Å². The zero-order chi connectivity index (χ0) is 8.10. The molecule has 0 saturated heterocycles. The lowest BCUT2D eigenvalue weighted by molar-refractivity contribution is -0.241. The van der Waals surface area contributed by atoms with Crippen LogP contribution in [-0.4, -0.2) is 22.1 Å². The fourth-order valence-corrected chi connectivity index (χ4v) is 0.703. The van der Waals surface area contributed by atoms with Crippen molar-refractivity contribution in [2.24, 2.45) is 0 Å². The van der Waals surface area contributed by atoms with E-state index in [-0.39, 0.29) is 6.61 Å². The third kappa shape index (κ3) is 2.04. The second-order valence-corrected chi connectivity index (χ2v) is 1.97. The third-order valence-corrected chi connectivity index (χ3v) is 1.21. The van der Waals surface area contributed by atoms with Gasteiger partial charge in [-0.1, -0.05) is 0 Å². The number of nitrogens with one attached hydrogen (secondary N) is 1. The lowest BCUT2D eigenvalue weighted by atomic mass is 10.3. The van der Waals surface area contributed by atoms with Gasteiger partial charge in [0, 0.05) is 12.1 Å². The average Bonchev–Trinajstić information content (AvgIpc) is 2.48. The van der Waals surface area contributed by atoms with E-state index in [1.807, 2.05) is 6.07 Å². The van der Waals surface area contributed by atoms with Gasteiger partial charge < -0.3 is 0 Å². The van der Waals surface area contributed by atoms with Gasteiger partial charge in [0.1, 0.15) is 6.07 Å². The first-order valence-electron chi connectivity index (χ1n) is 3.07. The molecule has 58 valence electrons. The fraction of sp³-hybridized carbons (Fsp3) is 0.333. The van der Waals surface area contributed by atoms with Crippen LogP contribution in [0.25, 0.3) is 0 Å². The highest BCUT2D eigenvalue weighted by Crippen LogP contribution is 1.98. The van der Waals surface area contributed by atoms with Crippen LogP contribution < -0.4 is 0 Å². The highest BCUT2D eigenvalue weighted by molar-refractivity contribution is 5.21. The Morgan fingerprint density at radius 3 is 3.18 bits per heavy atom. The van der Waals surface area contributed by atoms with Crippen molar-refractivity contribution in [2.75, 3.05) is 6.61 Å². The number of hydrogen-bond donors (Lipinski definition) is 2. The fourth-order valence-electron chi connectivity index (χ4n) is 0.703. The van der Waals surface area contributed by atoms with Crippen molar-refractivity contribution in [2.45, 2.75) is 6.42 Å². The van der Waals surface area contributed by atoms with Gasteiger partial charge in [0.15, 0.2) is 5.69 Å². The molecule has 0 amide bonds. The van der Waals surface area contributed by atoms with Gasteiger partial charge in [-0.2, -0.15) is 10.4 Å². The van der Waals surface area contributed by atoms with E-state index in [0.717, 1.165) is 5.69 Å². The molecule has 1 rings (SSSR count). The van der Waals surface area contributed by atoms with Crippen LogP contribution in [0.5, 0.6) is 0 Å². The topological polar surface area (TPSA) is 81.9 Å². The molecule has 1 aromatic heterocycles. The Kier molecular flexibility index (Phi) is 2.60. The zero-order valence-corrected chi connectivity index (χ0v) is 5.74. The van der Waals surface area contributed by atoms with Crippen LogP contribution in [0.15, 0.2) is 6.07 Å². The van der Waals surface area contributed by atoms with Gasteiger partial charge in [0.25, 0.3) is 0 Å². The minimum Gasteiger partial charge on any atom is -0.281 e. The van der Waals surface area contributed by atoms with Crippen molar-refractivity contribution < 1.29 is 10.1 Å². The first kappa shape index (κ1) is 7.72. The summed E-state index contributed by atoms with van der Waals surface area (Å²) >= 11 is 0. The van der Waals surface area contributed by atoms with E-state index in [0.29, 0.717) is 12.1 Å². The molecular weight excluding hydrogens is 146 g/mol.